The monoisotopic (exact) mass is 276 g/mol. The summed E-state index contributed by atoms with van der Waals surface area (Å²) in [6.07, 6.45) is 1.68. The molecule has 0 aromatic carbocycles. The summed E-state index contributed by atoms with van der Waals surface area (Å²) in [5.41, 5.74) is 5.91. The molecule has 3 aromatic rings. The van der Waals surface area contributed by atoms with Crippen molar-refractivity contribution in [3.63, 3.8) is 0 Å². The lowest BCUT2D eigenvalue weighted by Crippen LogP contribution is -2.12. The van der Waals surface area contributed by atoms with Gasteiger partial charge in [0, 0.05) is 4.88 Å². The number of aromatic amines is 1. The molecule has 9 heteroatoms. The lowest BCUT2D eigenvalue weighted by atomic mass is 10.3. The van der Waals surface area contributed by atoms with E-state index in [-0.39, 0.29) is 0 Å². The van der Waals surface area contributed by atoms with Crippen LogP contribution in [0, 0.1) is 6.92 Å². The topological polar surface area (TPSA) is 117 Å². The van der Waals surface area contributed by atoms with Gasteiger partial charge < -0.3 is 5.32 Å². The van der Waals surface area contributed by atoms with Gasteiger partial charge >= 0.3 is 0 Å². The molecule has 0 saturated carbocycles. The van der Waals surface area contributed by atoms with E-state index in [1.807, 2.05) is 12.4 Å². The third-order valence-electron chi connectivity index (χ3n) is 2.70. The smallest absolute Gasteiger partial charge is 0.241 e. The van der Waals surface area contributed by atoms with E-state index >= 15 is 0 Å². The summed E-state index contributed by atoms with van der Waals surface area (Å²) >= 11 is 1.61. The van der Waals surface area contributed by atoms with Gasteiger partial charge in [0.15, 0.2) is 5.65 Å². The van der Waals surface area contributed by atoms with Crippen LogP contribution in [0.1, 0.15) is 10.6 Å². The van der Waals surface area contributed by atoms with Crippen LogP contribution in [0.3, 0.4) is 0 Å². The van der Waals surface area contributed by atoms with E-state index < -0.39 is 0 Å². The summed E-state index contributed by atoms with van der Waals surface area (Å²) in [4.78, 5) is 13.8. The first-order valence-corrected chi connectivity index (χ1v) is 6.46. The van der Waals surface area contributed by atoms with Crippen molar-refractivity contribution in [3.8, 4) is 0 Å². The number of hydrogen-bond acceptors (Lipinski definition) is 8. The first kappa shape index (κ1) is 11.8. The highest BCUT2D eigenvalue weighted by atomic mass is 32.1. The van der Waals surface area contributed by atoms with E-state index in [0.717, 1.165) is 16.0 Å². The maximum atomic E-state index is 5.35. The zero-order valence-electron chi connectivity index (χ0n) is 10.1. The largest absolute Gasteiger partial charge is 0.364 e. The van der Waals surface area contributed by atoms with Gasteiger partial charge in [-0.25, -0.2) is 10.8 Å². The number of rotatable bonds is 4. The van der Waals surface area contributed by atoms with Gasteiger partial charge in [0.05, 0.1) is 29.3 Å². The molecule has 3 aromatic heterocycles. The van der Waals surface area contributed by atoms with Crippen molar-refractivity contribution in [3.05, 3.63) is 22.3 Å². The molecule has 0 amide bonds. The maximum absolute atomic E-state index is 5.35. The highest BCUT2D eigenvalue weighted by Gasteiger charge is 2.09. The summed E-state index contributed by atoms with van der Waals surface area (Å²) in [6.45, 7) is 2.63. The standard InChI is InChI=1S/C10H12N8S/c1-5-7(19-4-13-5)3-12-8-6-2-14-18-9(6)16-10(15-8)17-11/h2,4H,3,11H2,1H3,(H3,12,14,15,16,17,18). The molecule has 5 N–H and O–H groups in total. The predicted octanol–water partition coefficient (Wildman–Crippen LogP) is 1.02. The molecule has 0 saturated heterocycles. The summed E-state index contributed by atoms with van der Waals surface area (Å²) in [6, 6.07) is 0. The van der Waals surface area contributed by atoms with Gasteiger partial charge in [0.25, 0.3) is 0 Å². The predicted molar refractivity (Wildman–Crippen MR) is 73.7 cm³/mol. The normalized spacial score (nSPS) is 10.8. The van der Waals surface area contributed by atoms with E-state index in [4.69, 9.17) is 5.84 Å². The van der Waals surface area contributed by atoms with Gasteiger partial charge in [-0.2, -0.15) is 15.1 Å². The van der Waals surface area contributed by atoms with E-state index in [1.165, 1.54) is 0 Å². The molecule has 8 nitrogen and oxygen atoms in total. The van der Waals surface area contributed by atoms with Crippen LogP contribution in [0.4, 0.5) is 11.8 Å². The number of nitrogens with one attached hydrogen (secondary N) is 3. The molecule has 0 spiro atoms. The maximum Gasteiger partial charge on any atom is 0.241 e. The van der Waals surface area contributed by atoms with Gasteiger partial charge in [-0.1, -0.05) is 0 Å². The number of aryl methyl sites for hydroxylation is 1. The number of nitrogens with two attached hydrogens (primary N) is 1. The van der Waals surface area contributed by atoms with E-state index in [9.17, 15) is 0 Å². The molecule has 0 fully saturated rings. The Morgan fingerprint density at radius 3 is 3.05 bits per heavy atom. The number of nitrogen functional groups attached to an aromatic ring is 1. The molecule has 0 aliphatic rings. The number of hydrazine groups is 1. The fraction of sp³-hybridized carbons (Fsp3) is 0.200. The lowest BCUT2D eigenvalue weighted by Gasteiger charge is -2.07. The number of hydrogen-bond donors (Lipinski definition) is 4. The zero-order chi connectivity index (χ0) is 13.2. The Hall–Kier alpha value is -2.26. The summed E-state index contributed by atoms with van der Waals surface area (Å²) in [7, 11) is 0. The van der Waals surface area contributed by atoms with Crippen molar-refractivity contribution in [2.24, 2.45) is 5.84 Å². The Balaban J connectivity index is 1.91. The minimum Gasteiger partial charge on any atom is -0.364 e. The third-order valence-corrected chi connectivity index (χ3v) is 3.64. The fourth-order valence-corrected chi connectivity index (χ4v) is 2.41. The van der Waals surface area contributed by atoms with Gasteiger partial charge in [-0.3, -0.25) is 10.5 Å². The molecule has 0 atom stereocenters. The second kappa shape index (κ2) is 4.78. The van der Waals surface area contributed by atoms with Gasteiger partial charge in [-0.15, -0.1) is 11.3 Å². The van der Waals surface area contributed by atoms with Crippen LogP contribution >= 0.6 is 11.3 Å². The molecule has 0 unspecified atom stereocenters. The average molecular weight is 276 g/mol. The number of H-pyrrole nitrogens is 1. The van der Waals surface area contributed by atoms with Crippen molar-refractivity contribution in [1.29, 1.82) is 0 Å². The van der Waals surface area contributed by atoms with Crippen LogP contribution in [0.25, 0.3) is 11.0 Å². The minimum atomic E-state index is 0.334. The van der Waals surface area contributed by atoms with Crippen LogP contribution in [0.5, 0.6) is 0 Å². The van der Waals surface area contributed by atoms with Crippen molar-refractivity contribution in [2.45, 2.75) is 13.5 Å². The van der Waals surface area contributed by atoms with Gasteiger partial charge in [-0.05, 0) is 6.92 Å². The molecule has 0 aliphatic carbocycles. The van der Waals surface area contributed by atoms with Crippen LogP contribution in [0.2, 0.25) is 0 Å². The Morgan fingerprint density at radius 1 is 1.42 bits per heavy atom. The van der Waals surface area contributed by atoms with E-state index in [0.29, 0.717) is 24.0 Å². The first-order chi connectivity index (χ1) is 9.28. The van der Waals surface area contributed by atoms with Crippen LogP contribution in [-0.4, -0.2) is 25.1 Å². The van der Waals surface area contributed by atoms with Crippen LogP contribution < -0.4 is 16.6 Å². The van der Waals surface area contributed by atoms with Crippen molar-refractivity contribution >= 4 is 34.1 Å². The summed E-state index contributed by atoms with van der Waals surface area (Å²) < 4.78 is 0. The number of anilines is 2. The second-order valence-electron chi connectivity index (χ2n) is 3.89. The molecule has 0 aliphatic heterocycles. The van der Waals surface area contributed by atoms with E-state index in [1.54, 1.807) is 17.5 Å². The number of thiazole rings is 1. The molecule has 3 heterocycles. The second-order valence-corrected chi connectivity index (χ2v) is 4.83. The van der Waals surface area contributed by atoms with Gasteiger partial charge in [0.1, 0.15) is 5.82 Å². The molecule has 19 heavy (non-hydrogen) atoms. The quantitative estimate of drug-likeness (QED) is 0.415. The highest BCUT2D eigenvalue weighted by molar-refractivity contribution is 7.09. The van der Waals surface area contributed by atoms with Crippen LogP contribution in [-0.2, 0) is 6.54 Å². The minimum absolute atomic E-state index is 0.334. The third kappa shape index (κ3) is 2.20. The molecule has 98 valence electrons. The lowest BCUT2D eigenvalue weighted by molar-refractivity contribution is 1.06. The fourth-order valence-electron chi connectivity index (χ4n) is 1.69. The Kier molecular flexibility index (Phi) is 2.97. The van der Waals surface area contributed by atoms with E-state index in [2.05, 4.69) is 35.9 Å². The van der Waals surface area contributed by atoms with Crippen molar-refractivity contribution < 1.29 is 0 Å². The Labute approximate surface area is 112 Å². The Bertz CT molecular complexity index is 702. The molecular formula is C10H12N8S. The van der Waals surface area contributed by atoms with Gasteiger partial charge in [0.2, 0.25) is 5.95 Å². The molecule has 0 bridgehead atoms. The summed E-state index contributed by atoms with van der Waals surface area (Å²) in [5.74, 6) is 6.36. The Morgan fingerprint density at radius 2 is 2.32 bits per heavy atom. The van der Waals surface area contributed by atoms with Crippen molar-refractivity contribution in [1.82, 2.24) is 25.1 Å². The summed E-state index contributed by atoms with van der Waals surface area (Å²) in [5, 5.41) is 10.8. The highest BCUT2D eigenvalue weighted by Crippen LogP contribution is 2.21. The zero-order valence-corrected chi connectivity index (χ0v) is 11.0. The number of fused-ring (bicyclic) bond motifs is 1. The molecule has 0 radical (unpaired) electrons. The van der Waals surface area contributed by atoms with Crippen molar-refractivity contribution in [2.75, 3.05) is 10.7 Å². The average Bonchev–Trinajstić information content (AvgIpc) is 3.04. The number of aromatic nitrogens is 5. The molecular weight excluding hydrogens is 264 g/mol. The SMILES string of the molecule is Cc1ncsc1CNc1nc(NN)nc2[nH]ncc12. The first-order valence-electron chi connectivity index (χ1n) is 5.58. The number of nitrogens with zero attached hydrogens (tertiary/aromatic N) is 4. The van der Waals surface area contributed by atoms with Crippen LogP contribution in [0.15, 0.2) is 11.7 Å². The molecule has 3 rings (SSSR count).